The number of hydrogen-bond donors (Lipinski definition) is 0. The zero-order valence-electron chi connectivity index (χ0n) is 10.6. The molecule has 0 unspecified atom stereocenters. The van der Waals surface area contributed by atoms with Gasteiger partial charge in [0.2, 0.25) is 0 Å². The van der Waals surface area contributed by atoms with Gasteiger partial charge in [-0.1, -0.05) is 32.4 Å². The predicted octanol–water partition coefficient (Wildman–Crippen LogP) is 4.36. The molecule has 3 heteroatoms. The highest BCUT2D eigenvalue weighted by Gasteiger charge is 2.12. The Labute approximate surface area is 108 Å². The maximum atomic E-state index is 11.9. The molecule has 94 valence electrons. The van der Waals surface area contributed by atoms with Gasteiger partial charge >= 0.3 is 0 Å². The van der Waals surface area contributed by atoms with E-state index in [1.165, 1.54) is 0 Å². The summed E-state index contributed by atoms with van der Waals surface area (Å²) in [4.78, 5) is 11.9. The molecule has 1 aromatic carbocycles. The summed E-state index contributed by atoms with van der Waals surface area (Å²) < 4.78 is 5.64. The molecule has 0 amide bonds. The minimum absolute atomic E-state index is 0.0914. The van der Waals surface area contributed by atoms with E-state index in [1.54, 1.807) is 18.2 Å². The van der Waals surface area contributed by atoms with Crippen molar-refractivity contribution in [1.82, 2.24) is 0 Å². The van der Waals surface area contributed by atoms with Crippen molar-refractivity contribution in [2.45, 2.75) is 33.6 Å². The van der Waals surface area contributed by atoms with E-state index >= 15 is 0 Å². The van der Waals surface area contributed by atoms with Crippen molar-refractivity contribution in [2.24, 2.45) is 5.92 Å². The first-order valence-electron chi connectivity index (χ1n) is 6.00. The molecule has 0 aliphatic carbocycles. The lowest BCUT2D eigenvalue weighted by molar-refractivity contribution is 0.0977. The summed E-state index contributed by atoms with van der Waals surface area (Å²) in [5.41, 5.74) is 0.597. The van der Waals surface area contributed by atoms with E-state index in [-0.39, 0.29) is 5.78 Å². The van der Waals surface area contributed by atoms with E-state index < -0.39 is 0 Å². The first-order chi connectivity index (χ1) is 8.04. The van der Waals surface area contributed by atoms with Crippen molar-refractivity contribution in [2.75, 3.05) is 6.61 Å². The lowest BCUT2D eigenvalue weighted by Gasteiger charge is -2.12. The Morgan fingerprint density at radius 3 is 2.71 bits per heavy atom. The van der Waals surface area contributed by atoms with Crippen molar-refractivity contribution in [3.8, 4) is 5.75 Å². The van der Waals surface area contributed by atoms with Crippen LogP contribution < -0.4 is 4.74 Å². The molecule has 0 saturated heterocycles. The van der Waals surface area contributed by atoms with Crippen LogP contribution in [-0.4, -0.2) is 12.4 Å². The average Bonchev–Trinajstić information content (AvgIpc) is 2.27. The van der Waals surface area contributed by atoms with Crippen molar-refractivity contribution in [1.29, 1.82) is 0 Å². The van der Waals surface area contributed by atoms with Crippen LogP contribution in [0.1, 0.15) is 44.0 Å². The molecule has 0 fully saturated rings. The van der Waals surface area contributed by atoms with Gasteiger partial charge in [-0.05, 0) is 30.5 Å². The van der Waals surface area contributed by atoms with Gasteiger partial charge in [0.1, 0.15) is 5.75 Å². The number of benzene rings is 1. The van der Waals surface area contributed by atoms with E-state index in [2.05, 4.69) is 13.8 Å². The SMILES string of the molecule is CCCC(=O)c1cc(Cl)ccc1OCC(C)C. The van der Waals surface area contributed by atoms with E-state index in [9.17, 15) is 4.79 Å². The summed E-state index contributed by atoms with van der Waals surface area (Å²) in [7, 11) is 0. The van der Waals surface area contributed by atoms with Crippen LogP contribution in [-0.2, 0) is 0 Å². The zero-order chi connectivity index (χ0) is 12.8. The molecule has 0 spiro atoms. The van der Waals surface area contributed by atoms with Crippen LogP contribution in [0.25, 0.3) is 0 Å². The van der Waals surface area contributed by atoms with Gasteiger partial charge in [0.05, 0.1) is 12.2 Å². The summed E-state index contributed by atoms with van der Waals surface area (Å²) in [6.07, 6.45) is 1.35. The molecule has 0 N–H and O–H groups in total. The summed E-state index contributed by atoms with van der Waals surface area (Å²) in [6, 6.07) is 5.21. The fraction of sp³-hybridized carbons (Fsp3) is 0.500. The molecular weight excluding hydrogens is 236 g/mol. The second-order valence-corrected chi connectivity index (χ2v) is 4.95. The quantitative estimate of drug-likeness (QED) is 0.705. The molecule has 0 aromatic heterocycles. The van der Waals surface area contributed by atoms with E-state index in [0.29, 0.717) is 35.3 Å². The molecule has 0 bridgehead atoms. The number of ether oxygens (including phenoxy) is 1. The highest BCUT2D eigenvalue weighted by molar-refractivity contribution is 6.31. The summed E-state index contributed by atoms with van der Waals surface area (Å²) in [5, 5.41) is 0.571. The molecule has 1 rings (SSSR count). The van der Waals surface area contributed by atoms with Gasteiger partial charge in [-0.3, -0.25) is 4.79 Å². The number of rotatable bonds is 6. The molecule has 0 saturated carbocycles. The van der Waals surface area contributed by atoms with E-state index in [4.69, 9.17) is 16.3 Å². The van der Waals surface area contributed by atoms with Crippen LogP contribution in [0, 0.1) is 5.92 Å². The Morgan fingerprint density at radius 1 is 1.41 bits per heavy atom. The lowest BCUT2D eigenvalue weighted by atomic mass is 10.1. The third kappa shape index (κ3) is 4.39. The van der Waals surface area contributed by atoms with E-state index in [1.807, 2.05) is 6.92 Å². The average molecular weight is 255 g/mol. The molecule has 0 heterocycles. The van der Waals surface area contributed by atoms with Gasteiger partial charge in [-0.15, -0.1) is 0 Å². The third-order valence-corrected chi connectivity index (χ3v) is 2.53. The smallest absolute Gasteiger partial charge is 0.166 e. The Balaban J connectivity index is 2.91. The van der Waals surface area contributed by atoms with Crippen LogP contribution in [0.4, 0.5) is 0 Å². The Bertz CT molecular complexity index is 386. The molecule has 0 atom stereocenters. The first-order valence-corrected chi connectivity index (χ1v) is 6.38. The largest absolute Gasteiger partial charge is 0.493 e. The zero-order valence-corrected chi connectivity index (χ0v) is 11.4. The number of carbonyl (C=O) groups excluding carboxylic acids is 1. The standard InChI is InChI=1S/C14H19ClO2/c1-4-5-13(16)12-8-11(15)6-7-14(12)17-9-10(2)3/h6-8,10H,4-5,9H2,1-3H3. The van der Waals surface area contributed by atoms with Crippen molar-refractivity contribution < 1.29 is 9.53 Å². The monoisotopic (exact) mass is 254 g/mol. The van der Waals surface area contributed by atoms with E-state index in [0.717, 1.165) is 6.42 Å². The van der Waals surface area contributed by atoms with Crippen LogP contribution in [0.15, 0.2) is 18.2 Å². The number of Topliss-reactive ketones (excluding diaryl/α,β-unsaturated/α-hetero) is 1. The number of carbonyl (C=O) groups is 1. The van der Waals surface area contributed by atoms with Crippen LogP contribution in [0.2, 0.25) is 5.02 Å². The Hall–Kier alpha value is -1.02. The van der Waals surface area contributed by atoms with Crippen molar-refractivity contribution in [3.05, 3.63) is 28.8 Å². The topological polar surface area (TPSA) is 26.3 Å². The summed E-state index contributed by atoms with van der Waals surface area (Å²) in [5.74, 6) is 1.16. The molecule has 0 aliphatic rings. The minimum Gasteiger partial charge on any atom is -0.493 e. The molecular formula is C14H19ClO2. The molecule has 0 aliphatic heterocycles. The van der Waals surface area contributed by atoms with Gasteiger partial charge in [-0.2, -0.15) is 0 Å². The van der Waals surface area contributed by atoms with Gasteiger partial charge < -0.3 is 4.74 Å². The first kappa shape index (κ1) is 14.0. The maximum absolute atomic E-state index is 11.9. The Morgan fingerprint density at radius 2 is 2.12 bits per heavy atom. The highest BCUT2D eigenvalue weighted by Crippen LogP contribution is 2.25. The summed E-state index contributed by atoms with van der Waals surface area (Å²) >= 11 is 5.92. The van der Waals surface area contributed by atoms with Gasteiger partial charge in [-0.25, -0.2) is 0 Å². The fourth-order valence-corrected chi connectivity index (χ4v) is 1.64. The van der Waals surface area contributed by atoms with Crippen LogP contribution in [0.5, 0.6) is 5.75 Å². The minimum atomic E-state index is 0.0914. The molecule has 1 aromatic rings. The molecule has 0 radical (unpaired) electrons. The highest BCUT2D eigenvalue weighted by atomic mass is 35.5. The number of halogens is 1. The van der Waals surface area contributed by atoms with Crippen molar-refractivity contribution in [3.63, 3.8) is 0 Å². The summed E-state index contributed by atoms with van der Waals surface area (Å²) in [6.45, 7) is 6.73. The second-order valence-electron chi connectivity index (χ2n) is 4.52. The number of ketones is 1. The normalized spacial score (nSPS) is 10.6. The number of hydrogen-bond acceptors (Lipinski definition) is 2. The van der Waals surface area contributed by atoms with Crippen molar-refractivity contribution >= 4 is 17.4 Å². The molecule has 17 heavy (non-hydrogen) atoms. The van der Waals surface area contributed by atoms with Crippen LogP contribution in [0.3, 0.4) is 0 Å². The lowest BCUT2D eigenvalue weighted by Crippen LogP contribution is -2.08. The second kappa shape index (κ2) is 6.65. The third-order valence-electron chi connectivity index (χ3n) is 2.29. The fourth-order valence-electron chi connectivity index (χ4n) is 1.46. The van der Waals surface area contributed by atoms with Gasteiger partial charge in [0, 0.05) is 11.4 Å². The maximum Gasteiger partial charge on any atom is 0.166 e. The Kier molecular flexibility index (Phi) is 5.49. The van der Waals surface area contributed by atoms with Crippen LogP contribution >= 0.6 is 11.6 Å². The predicted molar refractivity (Wildman–Crippen MR) is 71.0 cm³/mol. The molecule has 2 nitrogen and oxygen atoms in total. The van der Waals surface area contributed by atoms with Gasteiger partial charge in [0.25, 0.3) is 0 Å². The van der Waals surface area contributed by atoms with Gasteiger partial charge in [0.15, 0.2) is 5.78 Å².